The Balaban J connectivity index is 2.29. The van der Waals surface area contributed by atoms with Crippen LogP contribution < -0.4 is 0 Å². The van der Waals surface area contributed by atoms with Crippen molar-refractivity contribution in [1.82, 2.24) is 4.90 Å². The molecule has 0 radical (unpaired) electrons. The number of hydrogen-bond donors (Lipinski definition) is 0. The summed E-state index contributed by atoms with van der Waals surface area (Å²) in [4.78, 5) is 13.8. The number of hydrogen-bond acceptors (Lipinski definition) is 2. The number of halogens is 2. The zero-order valence-electron chi connectivity index (χ0n) is 9.50. The molecule has 1 heterocycles. The predicted molar refractivity (Wildman–Crippen MR) is 62.9 cm³/mol. The lowest BCUT2D eigenvalue weighted by Crippen LogP contribution is -2.40. The van der Waals surface area contributed by atoms with Crippen molar-refractivity contribution in [2.24, 2.45) is 0 Å². The Morgan fingerprint density at radius 3 is 2.71 bits per heavy atom. The molecular formula is C12H13ClFNO2. The van der Waals surface area contributed by atoms with Crippen molar-refractivity contribution in [2.45, 2.75) is 6.92 Å². The van der Waals surface area contributed by atoms with E-state index in [1.54, 1.807) is 11.8 Å². The third-order valence-electron chi connectivity index (χ3n) is 2.75. The van der Waals surface area contributed by atoms with E-state index in [1.807, 2.05) is 0 Å². The first-order chi connectivity index (χ1) is 8.09. The molecule has 1 fully saturated rings. The van der Waals surface area contributed by atoms with Gasteiger partial charge in [0.15, 0.2) is 0 Å². The van der Waals surface area contributed by atoms with Crippen LogP contribution in [0.15, 0.2) is 12.1 Å². The molecule has 1 aliphatic rings. The lowest BCUT2D eigenvalue weighted by molar-refractivity contribution is 0.0302. The topological polar surface area (TPSA) is 29.5 Å². The van der Waals surface area contributed by atoms with E-state index in [0.717, 1.165) is 0 Å². The van der Waals surface area contributed by atoms with Crippen molar-refractivity contribution in [3.05, 3.63) is 34.1 Å². The van der Waals surface area contributed by atoms with Gasteiger partial charge in [-0.05, 0) is 24.6 Å². The Morgan fingerprint density at radius 1 is 1.41 bits per heavy atom. The summed E-state index contributed by atoms with van der Waals surface area (Å²) in [6.45, 7) is 3.74. The Labute approximate surface area is 104 Å². The van der Waals surface area contributed by atoms with Crippen LogP contribution in [0.4, 0.5) is 4.39 Å². The van der Waals surface area contributed by atoms with E-state index >= 15 is 0 Å². The number of aryl methyl sites for hydroxylation is 1. The number of amides is 1. The van der Waals surface area contributed by atoms with Crippen LogP contribution >= 0.6 is 11.6 Å². The van der Waals surface area contributed by atoms with E-state index in [2.05, 4.69) is 0 Å². The van der Waals surface area contributed by atoms with Crippen LogP contribution in [0, 0.1) is 12.7 Å². The molecule has 1 aromatic rings. The minimum absolute atomic E-state index is 0.228. The molecule has 1 amide bonds. The SMILES string of the molecule is Cc1cc(F)cc(C(=O)N2CCOCC2)c1Cl. The number of rotatable bonds is 1. The fourth-order valence-corrected chi connectivity index (χ4v) is 2.01. The first kappa shape index (κ1) is 12.3. The lowest BCUT2D eigenvalue weighted by Gasteiger charge is -2.27. The molecule has 0 aliphatic carbocycles. The molecule has 1 saturated heterocycles. The number of nitrogens with zero attached hydrogens (tertiary/aromatic N) is 1. The average molecular weight is 258 g/mol. The van der Waals surface area contributed by atoms with Crippen LogP contribution in [0.5, 0.6) is 0 Å². The molecule has 0 aromatic heterocycles. The summed E-state index contributed by atoms with van der Waals surface area (Å²) in [5.74, 6) is -0.676. The number of ether oxygens (including phenoxy) is 1. The molecule has 1 aromatic carbocycles. The normalized spacial score (nSPS) is 16.1. The van der Waals surface area contributed by atoms with Gasteiger partial charge in [0, 0.05) is 13.1 Å². The van der Waals surface area contributed by atoms with Crippen molar-refractivity contribution in [1.29, 1.82) is 0 Å². The Morgan fingerprint density at radius 2 is 2.06 bits per heavy atom. The van der Waals surface area contributed by atoms with Crippen LogP contribution in [-0.4, -0.2) is 37.1 Å². The Kier molecular flexibility index (Phi) is 3.64. The third-order valence-corrected chi connectivity index (χ3v) is 3.25. The molecule has 5 heteroatoms. The van der Waals surface area contributed by atoms with E-state index in [-0.39, 0.29) is 11.5 Å². The van der Waals surface area contributed by atoms with Gasteiger partial charge in [0.1, 0.15) is 5.82 Å². The summed E-state index contributed by atoms with van der Waals surface area (Å²) >= 11 is 6.03. The summed E-state index contributed by atoms with van der Waals surface area (Å²) in [6.07, 6.45) is 0. The number of morpholine rings is 1. The highest BCUT2D eigenvalue weighted by Crippen LogP contribution is 2.23. The highest BCUT2D eigenvalue weighted by molar-refractivity contribution is 6.34. The molecule has 0 bridgehead atoms. The number of carbonyl (C=O) groups excluding carboxylic acids is 1. The van der Waals surface area contributed by atoms with Gasteiger partial charge in [-0.1, -0.05) is 11.6 Å². The van der Waals surface area contributed by atoms with Crippen molar-refractivity contribution in [3.63, 3.8) is 0 Å². The van der Waals surface area contributed by atoms with Gasteiger partial charge in [0.25, 0.3) is 5.91 Å². The van der Waals surface area contributed by atoms with Gasteiger partial charge in [0.2, 0.25) is 0 Å². The molecule has 92 valence electrons. The van der Waals surface area contributed by atoms with Crippen molar-refractivity contribution >= 4 is 17.5 Å². The molecular weight excluding hydrogens is 245 g/mol. The second kappa shape index (κ2) is 5.02. The fraction of sp³-hybridized carbons (Fsp3) is 0.417. The van der Waals surface area contributed by atoms with Crippen molar-refractivity contribution in [3.8, 4) is 0 Å². The molecule has 1 aliphatic heterocycles. The first-order valence-corrected chi connectivity index (χ1v) is 5.80. The van der Waals surface area contributed by atoms with E-state index in [1.165, 1.54) is 12.1 Å². The van der Waals surface area contributed by atoms with Crippen LogP contribution in [0.3, 0.4) is 0 Å². The van der Waals surface area contributed by atoms with E-state index < -0.39 is 5.82 Å². The zero-order valence-corrected chi connectivity index (χ0v) is 10.3. The van der Waals surface area contributed by atoms with Gasteiger partial charge in [-0.25, -0.2) is 4.39 Å². The molecule has 0 saturated carbocycles. The fourth-order valence-electron chi connectivity index (χ4n) is 1.82. The Bertz CT molecular complexity index is 444. The van der Waals surface area contributed by atoms with Gasteiger partial charge >= 0.3 is 0 Å². The van der Waals surface area contributed by atoms with Crippen LogP contribution in [0.1, 0.15) is 15.9 Å². The summed E-state index contributed by atoms with van der Waals surface area (Å²) < 4.78 is 18.4. The largest absolute Gasteiger partial charge is 0.378 e. The minimum Gasteiger partial charge on any atom is -0.378 e. The van der Waals surface area contributed by atoms with Gasteiger partial charge in [-0.2, -0.15) is 0 Å². The summed E-state index contributed by atoms with van der Waals surface area (Å²) in [6, 6.07) is 2.51. The quantitative estimate of drug-likeness (QED) is 0.772. The smallest absolute Gasteiger partial charge is 0.255 e. The molecule has 2 rings (SSSR count). The van der Waals surface area contributed by atoms with Crippen LogP contribution in [-0.2, 0) is 4.74 Å². The van der Waals surface area contributed by atoms with E-state index in [4.69, 9.17) is 16.3 Å². The third kappa shape index (κ3) is 2.58. The number of carbonyl (C=O) groups is 1. The molecule has 0 spiro atoms. The predicted octanol–water partition coefficient (Wildman–Crippen LogP) is 2.26. The second-order valence-corrected chi connectivity index (χ2v) is 4.37. The van der Waals surface area contributed by atoms with Crippen LogP contribution in [0.25, 0.3) is 0 Å². The van der Waals surface area contributed by atoms with Crippen molar-refractivity contribution in [2.75, 3.05) is 26.3 Å². The van der Waals surface area contributed by atoms with Gasteiger partial charge < -0.3 is 9.64 Å². The standard InChI is InChI=1S/C12H13ClFNO2/c1-8-6-9(14)7-10(11(8)13)12(16)15-2-4-17-5-3-15/h6-7H,2-5H2,1H3. The lowest BCUT2D eigenvalue weighted by atomic mass is 10.1. The number of benzene rings is 1. The Hall–Kier alpha value is -1.13. The molecule has 17 heavy (non-hydrogen) atoms. The molecule has 0 atom stereocenters. The minimum atomic E-state index is -0.441. The molecule has 0 unspecified atom stereocenters. The summed E-state index contributed by atoms with van der Waals surface area (Å²) in [7, 11) is 0. The summed E-state index contributed by atoms with van der Waals surface area (Å²) in [5.41, 5.74) is 0.800. The van der Waals surface area contributed by atoms with Gasteiger partial charge in [-0.3, -0.25) is 4.79 Å². The average Bonchev–Trinajstić information content (AvgIpc) is 2.34. The zero-order chi connectivity index (χ0) is 12.4. The van der Waals surface area contributed by atoms with Gasteiger partial charge in [-0.15, -0.1) is 0 Å². The summed E-state index contributed by atoms with van der Waals surface area (Å²) in [5, 5.41) is 0.322. The molecule has 3 nitrogen and oxygen atoms in total. The maximum absolute atomic E-state index is 13.3. The second-order valence-electron chi connectivity index (χ2n) is 3.99. The van der Waals surface area contributed by atoms with Crippen molar-refractivity contribution < 1.29 is 13.9 Å². The van der Waals surface area contributed by atoms with Gasteiger partial charge in [0.05, 0.1) is 23.8 Å². The highest BCUT2D eigenvalue weighted by atomic mass is 35.5. The van der Waals surface area contributed by atoms with E-state index in [0.29, 0.717) is 36.9 Å². The van der Waals surface area contributed by atoms with E-state index in [9.17, 15) is 9.18 Å². The monoisotopic (exact) mass is 257 g/mol. The highest BCUT2D eigenvalue weighted by Gasteiger charge is 2.22. The van der Waals surface area contributed by atoms with Crippen LogP contribution in [0.2, 0.25) is 5.02 Å². The molecule has 0 N–H and O–H groups in total. The maximum Gasteiger partial charge on any atom is 0.255 e. The maximum atomic E-state index is 13.3. The first-order valence-electron chi connectivity index (χ1n) is 5.42.